The molecule has 132 valence electrons. The first kappa shape index (κ1) is 16.5. The van der Waals surface area contributed by atoms with Crippen LogP contribution in [0.4, 0.5) is 0 Å². The lowest BCUT2D eigenvalue weighted by atomic mass is 10.2. The molecule has 3 heterocycles. The molecule has 0 saturated carbocycles. The number of para-hydroxylation sites is 1. The Bertz CT molecular complexity index is 1300. The lowest BCUT2D eigenvalue weighted by Gasteiger charge is -2.05. The molecule has 0 radical (unpaired) electrons. The molecule has 6 nitrogen and oxygen atoms in total. The number of benzene rings is 2. The van der Waals surface area contributed by atoms with Crippen LogP contribution in [-0.2, 0) is 0 Å². The molecule has 0 N–H and O–H groups in total. The average molecular weight is 438 g/mol. The van der Waals surface area contributed by atoms with Crippen LogP contribution in [0.1, 0.15) is 5.69 Å². The number of fused-ring (bicyclic) bond motifs is 3. The molecular formula is C19H12BrN5OS. The molecule has 0 amide bonds. The summed E-state index contributed by atoms with van der Waals surface area (Å²) in [5.74, 6) is 0.476. The van der Waals surface area contributed by atoms with Gasteiger partial charge in [0, 0.05) is 21.5 Å². The van der Waals surface area contributed by atoms with E-state index in [1.54, 1.807) is 0 Å². The van der Waals surface area contributed by atoms with E-state index in [9.17, 15) is 0 Å². The van der Waals surface area contributed by atoms with Gasteiger partial charge in [0.25, 0.3) is 5.22 Å². The molecule has 5 rings (SSSR count). The van der Waals surface area contributed by atoms with Gasteiger partial charge in [-0.1, -0.05) is 40.2 Å². The zero-order chi connectivity index (χ0) is 18.4. The summed E-state index contributed by atoms with van der Waals surface area (Å²) in [5.41, 5.74) is 3.57. The number of aromatic nitrogens is 5. The van der Waals surface area contributed by atoms with Crippen LogP contribution >= 0.6 is 27.7 Å². The lowest BCUT2D eigenvalue weighted by molar-refractivity contribution is 0.465. The maximum Gasteiger partial charge on any atom is 0.283 e. The highest BCUT2D eigenvalue weighted by molar-refractivity contribution is 9.10. The predicted octanol–water partition coefficient (Wildman–Crippen LogP) is 5.15. The molecular weight excluding hydrogens is 426 g/mol. The number of halogens is 1. The van der Waals surface area contributed by atoms with Crippen molar-refractivity contribution in [1.29, 1.82) is 0 Å². The fourth-order valence-electron chi connectivity index (χ4n) is 2.90. The summed E-state index contributed by atoms with van der Waals surface area (Å²) in [6.07, 6.45) is 0. The molecule has 3 aromatic heterocycles. The molecule has 0 bridgehead atoms. The summed E-state index contributed by atoms with van der Waals surface area (Å²) >= 11 is 4.82. The standard InChI is InChI=1S/C19H12BrN5OS/c1-11-9-16-21-18(14-7-2-3-8-15(14)25(16)24-11)27-19-23-22-17(26-19)12-5-4-6-13(20)10-12/h2-10H,1H3. The molecule has 0 fully saturated rings. The van der Waals surface area contributed by atoms with Crippen molar-refractivity contribution in [3.8, 4) is 11.5 Å². The highest BCUT2D eigenvalue weighted by Gasteiger charge is 2.15. The fourth-order valence-corrected chi connectivity index (χ4v) is 4.08. The second-order valence-electron chi connectivity index (χ2n) is 5.98. The number of hydrogen-bond acceptors (Lipinski definition) is 6. The minimum Gasteiger partial charge on any atom is -0.411 e. The molecule has 0 aliphatic carbocycles. The minimum atomic E-state index is 0.447. The van der Waals surface area contributed by atoms with E-state index in [0.717, 1.165) is 37.3 Å². The van der Waals surface area contributed by atoms with Crippen molar-refractivity contribution in [2.45, 2.75) is 17.2 Å². The van der Waals surface area contributed by atoms with Crippen LogP contribution in [0, 0.1) is 6.92 Å². The molecule has 2 aromatic carbocycles. The van der Waals surface area contributed by atoms with Gasteiger partial charge in [-0.25, -0.2) is 9.50 Å². The van der Waals surface area contributed by atoms with Gasteiger partial charge in [-0.2, -0.15) is 5.10 Å². The first-order chi connectivity index (χ1) is 13.2. The van der Waals surface area contributed by atoms with Crippen LogP contribution in [0.3, 0.4) is 0 Å². The van der Waals surface area contributed by atoms with E-state index in [2.05, 4.69) is 31.2 Å². The Balaban J connectivity index is 1.58. The van der Waals surface area contributed by atoms with Gasteiger partial charge in [-0.15, -0.1) is 10.2 Å². The van der Waals surface area contributed by atoms with Gasteiger partial charge in [0.1, 0.15) is 5.03 Å². The normalized spacial score (nSPS) is 11.5. The van der Waals surface area contributed by atoms with Crippen molar-refractivity contribution in [1.82, 2.24) is 24.8 Å². The Kier molecular flexibility index (Phi) is 3.95. The van der Waals surface area contributed by atoms with Crippen LogP contribution in [0.5, 0.6) is 0 Å². The number of hydrogen-bond donors (Lipinski definition) is 0. The van der Waals surface area contributed by atoms with E-state index in [1.165, 1.54) is 11.8 Å². The first-order valence-corrected chi connectivity index (χ1v) is 9.81. The maximum absolute atomic E-state index is 5.85. The number of aryl methyl sites for hydroxylation is 1. The highest BCUT2D eigenvalue weighted by atomic mass is 79.9. The molecule has 5 aromatic rings. The van der Waals surface area contributed by atoms with Crippen molar-refractivity contribution in [2.24, 2.45) is 0 Å². The Morgan fingerprint density at radius 2 is 1.93 bits per heavy atom. The summed E-state index contributed by atoms with van der Waals surface area (Å²) in [4.78, 5) is 4.74. The molecule has 8 heteroatoms. The van der Waals surface area contributed by atoms with E-state index in [-0.39, 0.29) is 0 Å². The van der Waals surface area contributed by atoms with E-state index in [4.69, 9.17) is 9.40 Å². The number of nitrogens with zero attached hydrogens (tertiary/aromatic N) is 5. The SMILES string of the molecule is Cc1cc2nc(Sc3nnc(-c4cccc(Br)c4)o3)c3ccccc3n2n1. The van der Waals surface area contributed by atoms with Crippen LogP contribution in [-0.4, -0.2) is 24.8 Å². The molecule has 0 atom stereocenters. The summed E-state index contributed by atoms with van der Waals surface area (Å²) in [7, 11) is 0. The largest absolute Gasteiger partial charge is 0.411 e. The third-order valence-electron chi connectivity index (χ3n) is 4.05. The maximum atomic E-state index is 5.85. The third kappa shape index (κ3) is 3.00. The summed E-state index contributed by atoms with van der Waals surface area (Å²) in [5, 5.41) is 15.1. The van der Waals surface area contributed by atoms with Gasteiger partial charge in [0.05, 0.1) is 11.2 Å². The lowest BCUT2D eigenvalue weighted by Crippen LogP contribution is -1.95. The fraction of sp³-hybridized carbons (Fsp3) is 0.0526. The predicted molar refractivity (Wildman–Crippen MR) is 107 cm³/mol. The van der Waals surface area contributed by atoms with Crippen molar-refractivity contribution in [2.75, 3.05) is 0 Å². The van der Waals surface area contributed by atoms with Gasteiger partial charge >= 0.3 is 0 Å². The summed E-state index contributed by atoms with van der Waals surface area (Å²) < 4.78 is 8.67. The van der Waals surface area contributed by atoms with Crippen LogP contribution in [0.25, 0.3) is 28.0 Å². The first-order valence-electron chi connectivity index (χ1n) is 8.20. The van der Waals surface area contributed by atoms with Crippen molar-refractivity contribution in [3.05, 3.63) is 64.8 Å². The Labute approximate surface area is 166 Å². The quantitative estimate of drug-likeness (QED) is 0.363. The van der Waals surface area contributed by atoms with Gasteiger partial charge in [-0.05, 0) is 43.0 Å². The Hall–Kier alpha value is -2.71. The van der Waals surface area contributed by atoms with Crippen molar-refractivity contribution < 1.29 is 4.42 Å². The van der Waals surface area contributed by atoms with E-state index >= 15 is 0 Å². The zero-order valence-electron chi connectivity index (χ0n) is 14.1. The van der Waals surface area contributed by atoms with Crippen LogP contribution in [0.2, 0.25) is 0 Å². The van der Waals surface area contributed by atoms with Crippen LogP contribution < -0.4 is 0 Å². The minimum absolute atomic E-state index is 0.447. The van der Waals surface area contributed by atoms with Gasteiger partial charge in [0.2, 0.25) is 5.89 Å². The van der Waals surface area contributed by atoms with Crippen molar-refractivity contribution >= 4 is 44.2 Å². The highest BCUT2D eigenvalue weighted by Crippen LogP contribution is 2.33. The van der Waals surface area contributed by atoms with Crippen LogP contribution in [0.15, 0.2) is 73.7 Å². The molecule has 0 unspecified atom stereocenters. The molecule has 0 aliphatic heterocycles. The third-order valence-corrected chi connectivity index (χ3v) is 5.39. The van der Waals surface area contributed by atoms with E-state index in [0.29, 0.717) is 11.1 Å². The smallest absolute Gasteiger partial charge is 0.283 e. The number of rotatable bonds is 3. The topological polar surface area (TPSA) is 69.1 Å². The van der Waals surface area contributed by atoms with Gasteiger partial charge < -0.3 is 4.42 Å². The Morgan fingerprint density at radius 3 is 2.81 bits per heavy atom. The van der Waals surface area contributed by atoms with E-state index < -0.39 is 0 Å². The van der Waals surface area contributed by atoms with Gasteiger partial charge in [-0.3, -0.25) is 0 Å². The Morgan fingerprint density at radius 1 is 1.04 bits per heavy atom. The molecule has 0 saturated heterocycles. The second kappa shape index (κ2) is 6.47. The summed E-state index contributed by atoms with van der Waals surface area (Å²) in [6.45, 7) is 1.96. The second-order valence-corrected chi connectivity index (χ2v) is 7.83. The van der Waals surface area contributed by atoms with Crippen molar-refractivity contribution in [3.63, 3.8) is 0 Å². The zero-order valence-corrected chi connectivity index (χ0v) is 16.5. The summed E-state index contributed by atoms with van der Waals surface area (Å²) in [6, 6.07) is 17.7. The molecule has 27 heavy (non-hydrogen) atoms. The molecule has 0 spiro atoms. The van der Waals surface area contributed by atoms with E-state index in [1.807, 2.05) is 66.0 Å². The van der Waals surface area contributed by atoms with Gasteiger partial charge in [0.15, 0.2) is 5.65 Å². The average Bonchev–Trinajstić information content (AvgIpc) is 3.28. The molecule has 0 aliphatic rings. The monoisotopic (exact) mass is 437 g/mol.